The van der Waals surface area contributed by atoms with Crippen LogP contribution in [0, 0.1) is 7.05 Å². The minimum absolute atomic E-state index is 0.0869. The first-order valence-electron chi connectivity index (χ1n) is 5.84. The fourth-order valence-electron chi connectivity index (χ4n) is 3.08. The van der Waals surface area contributed by atoms with E-state index in [0.717, 1.165) is 31.5 Å². The molecule has 1 heterocycles. The minimum Gasteiger partial charge on any atom is -0.297 e. The molecule has 2 heteroatoms. The SMILES string of the molecule is [CH]N1CCC2(CC1)CC(=O)c1ccccc12. The molecular formula is C14H15NO. The van der Waals surface area contributed by atoms with Gasteiger partial charge in [0.25, 0.3) is 0 Å². The van der Waals surface area contributed by atoms with Crippen LogP contribution in [0.5, 0.6) is 0 Å². The summed E-state index contributed by atoms with van der Waals surface area (Å²) >= 11 is 0. The standard InChI is InChI=1S/C14H15NO/c1-15-8-6-14(7-9-15)10-13(16)11-4-2-3-5-12(11)14/h1-5H,6-10H2. The molecule has 0 aromatic heterocycles. The lowest BCUT2D eigenvalue weighted by Crippen LogP contribution is -2.38. The summed E-state index contributed by atoms with van der Waals surface area (Å²) in [6, 6.07) is 8.06. The number of hydrogen-bond acceptors (Lipinski definition) is 2. The second-order valence-corrected chi connectivity index (χ2v) is 4.96. The van der Waals surface area contributed by atoms with E-state index in [1.807, 2.05) is 23.1 Å². The second kappa shape index (κ2) is 3.42. The van der Waals surface area contributed by atoms with Crippen LogP contribution in [0.25, 0.3) is 0 Å². The van der Waals surface area contributed by atoms with Crippen molar-refractivity contribution in [1.82, 2.24) is 4.90 Å². The van der Waals surface area contributed by atoms with Crippen molar-refractivity contribution in [3.8, 4) is 0 Å². The Morgan fingerprint density at radius 1 is 1.19 bits per heavy atom. The van der Waals surface area contributed by atoms with Crippen LogP contribution in [0.15, 0.2) is 24.3 Å². The highest BCUT2D eigenvalue weighted by Crippen LogP contribution is 2.45. The Balaban J connectivity index is 2.02. The van der Waals surface area contributed by atoms with Crippen molar-refractivity contribution in [2.75, 3.05) is 13.1 Å². The van der Waals surface area contributed by atoms with Crippen molar-refractivity contribution >= 4 is 5.78 Å². The molecule has 1 aromatic rings. The van der Waals surface area contributed by atoms with Gasteiger partial charge in [-0.25, -0.2) is 0 Å². The van der Waals surface area contributed by atoms with E-state index < -0.39 is 0 Å². The Morgan fingerprint density at radius 2 is 1.88 bits per heavy atom. The summed E-state index contributed by atoms with van der Waals surface area (Å²) in [4.78, 5) is 13.8. The van der Waals surface area contributed by atoms with Gasteiger partial charge in [-0.2, -0.15) is 0 Å². The van der Waals surface area contributed by atoms with E-state index in [-0.39, 0.29) is 5.41 Å². The number of Topliss-reactive ketones (excluding diaryl/α,β-unsaturated/α-hetero) is 1. The smallest absolute Gasteiger partial charge is 0.164 e. The molecule has 2 aliphatic rings. The van der Waals surface area contributed by atoms with Crippen LogP contribution in [0.1, 0.15) is 35.2 Å². The molecule has 0 N–H and O–H groups in total. The summed E-state index contributed by atoms with van der Waals surface area (Å²) in [5, 5.41) is 0. The monoisotopic (exact) mass is 213 g/mol. The van der Waals surface area contributed by atoms with Gasteiger partial charge in [0, 0.05) is 24.4 Å². The molecule has 1 aliphatic heterocycles. The Bertz CT molecular complexity index is 430. The number of ketones is 1. The maximum Gasteiger partial charge on any atom is 0.164 e. The highest BCUT2D eigenvalue weighted by molar-refractivity contribution is 6.02. The molecule has 0 bridgehead atoms. The van der Waals surface area contributed by atoms with Crippen molar-refractivity contribution in [2.45, 2.75) is 24.7 Å². The first kappa shape index (κ1) is 10.0. The molecule has 1 saturated heterocycles. The third kappa shape index (κ3) is 1.33. The molecule has 1 aromatic carbocycles. The molecule has 1 spiro atoms. The number of carbonyl (C=O) groups is 1. The van der Waals surface area contributed by atoms with Gasteiger partial charge in [-0.05, 0) is 31.5 Å². The van der Waals surface area contributed by atoms with E-state index in [0.29, 0.717) is 12.2 Å². The number of piperidine rings is 1. The van der Waals surface area contributed by atoms with Gasteiger partial charge >= 0.3 is 0 Å². The van der Waals surface area contributed by atoms with Crippen molar-refractivity contribution in [3.05, 3.63) is 42.4 Å². The van der Waals surface area contributed by atoms with Crippen molar-refractivity contribution in [2.24, 2.45) is 0 Å². The first-order valence-corrected chi connectivity index (χ1v) is 5.84. The van der Waals surface area contributed by atoms with Crippen LogP contribution >= 0.6 is 0 Å². The molecule has 3 rings (SSSR count). The predicted molar refractivity (Wildman–Crippen MR) is 62.2 cm³/mol. The zero-order chi connectivity index (χ0) is 11.2. The van der Waals surface area contributed by atoms with Gasteiger partial charge in [-0.15, -0.1) is 0 Å². The fraction of sp³-hybridized carbons (Fsp3) is 0.429. The Kier molecular flexibility index (Phi) is 2.15. The lowest BCUT2D eigenvalue weighted by molar-refractivity contribution is 0.0950. The van der Waals surface area contributed by atoms with Gasteiger partial charge in [0.2, 0.25) is 0 Å². The molecule has 2 nitrogen and oxygen atoms in total. The topological polar surface area (TPSA) is 20.3 Å². The normalized spacial score (nSPS) is 23.7. The van der Waals surface area contributed by atoms with Crippen LogP contribution in [0.2, 0.25) is 0 Å². The number of carbonyl (C=O) groups excluding carboxylic acids is 1. The highest BCUT2D eigenvalue weighted by Gasteiger charge is 2.44. The molecular weight excluding hydrogens is 198 g/mol. The lowest BCUT2D eigenvalue weighted by atomic mass is 9.74. The number of hydrogen-bond donors (Lipinski definition) is 0. The van der Waals surface area contributed by atoms with Crippen molar-refractivity contribution < 1.29 is 4.79 Å². The average molecular weight is 213 g/mol. The summed E-state index contributed by atoms with van der Waals surface area (Å²) in [5.74, 6) is 0.307. The van der Waals surface area contributed by atoms with E-state index in [1.165, 1.54) is 5.56 Å². The van der Waals surface area contributed by atoms with Crippen molar-refractivity contribution in [3.63, 3.8) is 0 Å². The molecule has 0 saturated carbocycles. The minimum atomic E-state index is 0.0869. The molecule has 0 atom stereocenters. The third-order valence-corrected chi connectivity index (χ3v) is 4.05. The van der Waals surface area contributed by atoms with Gasteiger partial charge in [0.05, 0.1) is 0 Å². The summed E-state index contributed by atoms with van der Waals surface area (Å²) in [5.41, 5.74) is 2.28. The van der Waals surface area contributed by atoms with Gasteiger partial charge in [0.15, 0.2) is 5.78 Å². The number of fused-ring (bicyclic) bond motifs is 2. The third-order valence-electron chi connectivity index (χ3n) is 4.05. The van der Waals surface area contributed by atoms with Gasteiger partial charge in [-0.3, -0.25) is 9.69 Å². The molecule has 1 fully saturated rings. The van der Waals surface area contributed by atoms with E-state index in [2.05, 4.69) is 6.07 Å². The van der Waals surface area contributed by atoms with Crippen LogP contribution < -0.4 is 0 Å². The van der Waals surface area contributed by atoms with E-state index in [9.17, 15) is 4.79 Å². The van der Waals surface area contributed by atoms with E-state index in [1.54, 1.807) is 0 Å². The van der Waals surface area contributed by atoms with E-state index in [4.69, 9.17) is 7.05 Å². The summed E-state index contributed by atoms with van der Waals surface area (Å²) in [7, 11) is 5.79. The zero-order valence-corrected chi connectivity index (χ0v) is 9.28. The molecule has 82 valence electrons. The fourth-order valence-corrected chi connectivity index (χ4v) is 3.08. The maximum atomic E-state index is 12.0. The number of rotatable bonds is 0. The maximum absolute atomic E-state index is 12.0. The number of likely N-dealkylation sites (tertiary alicyclic amines) is 1. The van der Waals surface area contributed by atoms with Crippen LogP contribution in [0.3, 0.4) is 0 Å². The molecule has 16 heavy (non-hydrogen) atoms. The van der Waals surface area contributed by atoms with Crippen LogP contribution in [-0.4, -0.2) is 23.8 Å². The summed E-state index contributed by atoms with van der Waals surface area (Å²) in [6.45, 7) is 1.78. The Labute approximate surface area is 96.3 Å². The highest BCUT2D eigenvalue weighted by atomic mass is 16.1. The second-order valence-electron chi connectivity index (χ2n) is 4.96. The number of benzene rings is 1. The van der Waals surface area contributed by atoms with Crippen LogP contribution in [0.4, 0.5) is 0 Å². The largest absolute Gasteiger partial charge is 0.297 e. The predicted octanol–water partition coefficient (Wildman–Crippen LogP) is 2.28. The average Bonchev–Trinajstić information content (AvgIpc) is 2.58. The molecule has 1 aliphatic carbocycles. The van der Waals surface area contributed by atoms with Crippen molar-refractivity contribution in [1.29, 1.82) is 0 Å². The first-order chi connectivity index (χ1) is 7.71. The van der Waals surface area contributed by atoms with E-state index >= 15 is 0 Å². The summed E-state index contributed by atoms with van der Waals surface area (Å²) < 4.78 is 0. The van der Waals surface area contributed by atoms with Gasteiger partial charge in [0.1, 0.15) is 0 Å². The Morgan fingerprint density at radius 3 is 2.62 bits per heavy atom. The van der Waals surface area contributed by atoms with Crippen LogP contribution in [-0.2, 0) is 5.41 Å². The lowest BCUT2D eigenvalue weighted by Gasteiger charge is -2.37. The molecule has 0 amide bonds. The van der Waals surface area contributed by atoms with Gasteiger partial charge < -0.3 is 0 Å². The Hall–Kier alpha value is -1.15. The quantitative estimate of drug-likeness (QED) is 0.659. The summed E-state index contributed by atoms with van der Waals surface area (Å²) in [6.07, 6.45) is 2.69. The molecule has 0 unspecified atom stereocenters. The van der Waals surface area contributed by atoms with Gasteiger partial charge in [-0.1, -0.05) is 24.3 Å². The molecule has 2 radical (unpaired) electrons. The number of nitrogens with zero attached hydrogens (tertiary/aromatic N) is 1. The zero-order valence-electron chi connectivity index (χ0n) is 9.28.